The van der Waals surface area contributed by atoms with Gasteiger partial charge in [0.15, 0.2) is 0 Å². The fourth-order valence-corrected chi connectivity index (χ4v) is 2.50. The minimum Gasteiger partial charge on any atom is -0.346 e. The molecule has 0 aromatic carbocycles. The summed E-state index contributed by atoms with van der Waals surface area (Å²) in [5.41, 5.74) is 5.68. The molecule has 3 unspecified atom stereocenters. The normalized spacial score (nSPS) is 27.1. The minimum atomic E-state index is -4.38. The third-order valence-electron chi connectivity index (χ3n) is 3.64. The summed E-state index contributed by atoms with van der Waals surface area (Å²) in [6.07, 6.45) is -2.56. The lowest BCUT2D eigenvalue weighted by molar-refractivity contribution is -0.142. The Kier molecular flexibility index (Phi) is 5.61. The number of rotatable bonds is 4. The van der Waals surface area contributed by atoms with Crippen molar-refractivity contribution in [3.8, 4) is 0 Å². The zero-order valence-corrected chi connectivity index (χ0v) is 11.3. The van der Waals surface area contributed by atoms with E-state index < -0.39 is 24.7 Å². The molecule has 0 spiro atoms. The average Bonchev–Trinajstić information content (AvgIpc) is 2.34. The molecular formula is C12H22F3N3O. The molecule has 1 amide bonds. The van der Waals surface area contributed by atoms with E-state index in [1.54, 1.807) is 6.92 Å². The van der Waals surface area contributed by atoms with Gasteiger partial charge >= 0.3 is 6.18 Å². The van der Waals surface area contributed by atoms with Crippen LogP contribution in [-0.4, -0.2) is 48.7 Å². The van der Waals surface area contributed by atoms with E-state index in [0.29, 0.717) is 19.0 Å². The fourth-order valence-electron chi connectivity index (χ4n) is 2.50. The average molecular weight is 281 g/mol. The Labute approximate surface area is 111 Å². The fraction of sp³-hybridized carbons (Fsp3) is 0.917. The lowest BCUT2D eigenvalue weighted by Gasteiger charge is -2.41. The van der Waals surface area contributed by atoms with E-state index in [-0.39, 0.29) is 6.04 Å². The largest absolute Gasteiger partial charge is 0.405 e. The second-order valence-corrected chi connectivity index (χ2v) is 5.27. The van der Waals surface area contributed by atoms with Crippen LogP contribution in [0.3, 0.4) is 0 Å². The maximum Gasteiger partial charge on any atom is 0.405 e. The van der Waals surface area contributed by atoms with Crippen LogP contribution in [-0.2, 0) is 4.79 Å². The van der Waals surface area contributed by atoms with Crippen molar-refractivity contribution in [2.24, 2.45) is 11.7 Å². The highest BCUT2D eigenvalue weighted by Gasteiger charge is 2.34. The van der Waals surface area contributed by atoms with Gasteiger partial charge in [0.2, 0.25) is 5.91 Å². The molecule has 1 saturated heterocycles. The van der Waals surface area contributed by atoms with Crippen molar-refractivity contribution >= 4 is 5.91 Å². The first-order chi connectivity index (χ1) is 8.74. The summed E-state index contributed by atoms with van der Waals surface area (Å²) in [5.74, 6) is -0.0550. The first kappa shape index (κ1) is 16.2. The number of halogens is 3. The van der Waals surface area contributed by atoms with E-state index >= 15 is 0 Å². The summed E-state index contributed by atoms with van der Waals surface area (Å²) in [5, 5.41) is 1.93. The molecule has 3 atom stereocenters. The molecule has 1 heterocycles. The Hall–Kier alpha value is -0.820. The van der Waals surface area contributed by atoms with E-state index in [0.717, 1.165) is 12.8 Å². The molecule has 1 aliphatic rings. The lowest BCUT2D eigenvalue weighted by atomic mass is 9.91. The highest BCUT2D eigenvalue weighted by molar-refractivity contribution is 5.81. The van der Waals surface area contributed by atoms with Gasteiger partial charge in [0.25, 0.3) is 0 Å². The number of carbonyl (C=O) groups is 1. The number of amides is 1. The van der Waals surface area contributed by atoms with Crippen LogP contribution in [0.15, 0.2) is 0 Å². The van der Waals surface area contributed by atoms with Gasteiger partial charge in [-0.1, -0.05) is 6.92 Å². The molecular weight excluding hydrogens is 259 g/mol. The van der Waals surface area contributed by atoms with Crippen LogP contribution in [0, 0.1) is 5.92 Å². The van der Waals surface area contributed by atoms with Gasteiger partial charge < -0.3 is 11.1 Å². The molecule has 0 aromatic rings. The summed E-state index contributed by atoms with van der Waals surface area (Å²) < 4.78 is 36.2. The van der Waals surface area contributed by atoms with Gasteiger partial charge in [0.05, 0.1) is 6.04 Å². The van der Waals surface area contributed by atoms with E-state index in [9.17, 15) is 18.0 Å². The summed E-state index contributed by atoms with van der Waals surface area (Å²) in [6, 6.07) is -0.515. The van der Waals surface area contributed by atoms with Gasteiger partial charge in [-0.15, -0.1) is 0 Å². The van der Waals surface area contributed by atoms with Gasteiger partial charge in [0.1, 0.15) is 6.54 Å². The van der Waals surface area contributed by atoms with E-state index in [1.807, 2.05) is 10.2 Å². The Morgan fingerprint density at radius 1 is 1.53 bits per heavy atom. The monoisotopic (exact) mass is 281 g/mol. The van der Waals surface area contributed by atoms with Crippen molar-refractivity contribution in [2.45, 2.75) is 44.9 Å². The van der Waals surface area contributed by atoms with Crippen LogP contribution >= 0.6 is 0 Å². The lowest BCUT2D eigenvalue weighted by Crippen LogP contribution is -2.55. The van der Waals surface area contributed by atoms with Crippen molar-refractivity contribution in [3.05, 3.63) is 0 Å². The van der Waals surface area contributed by atoms with Gasteiger partial charge in [-0.2, -0.15) is 13.2 Å². The number of piperidine rings is 1. The van der Waals surface area contributed by atoms with Crippen molar-refractivity contribution < 1.29 is 18.0 Å². The van der Waals surface area contributed by atoms with Crippen molar-refractivity contribution in [3.63, 3.8) is 0 Å². The van der Waals surface area contributed by atoms with Crippen molar-refractivity contribution in [1.29, 1.82) is 0 Å². The molecule has 112 valence electrons. The molecule has 0 saturated carbocycles. The van der Waals surface area contributed by atoms with Gasteiger partial charge in [0, 0.05) is 12.6 Å². The van der Waals surface area contributed by atoms with Crippen LogP contribution in [0.4, 0.5) is 13.2 Å². The van der Waals surface area contributed by atoms with Crippen LogP contribution in [0.2, 0.25) is 0 Å². The standard InChI is InChI=1S/C12H22F3N3O/c1-8-3-4-18(10(5-8)6-16)9(2)11(19)17-7-12(13,14)15/h8-10H,3-7,16H2,1-2H3,(H,17,19). The highest BCUT2D eigenvalue weighted by Crippen LogP contribution is 2.24. The number of alkyl halides is 3. The summed E-state index contributed by atoms with van der Waals surface area (Å²) in [4.78, 5) is 13.6. The first-order valence-electron chi connectivity index (χ1n) is 6.55. The molecule has 0 radical (unpaired) electrons. The Bertz CT molecular complexity index is 309. The summed E-state index contributed by atoms with van der Waals surface area (Å²) >= 11 is 0. The third kappa shape index (κ3) is 4.99. The third-order valence-corrected chi connectivity index (χ3v) is 3.64. The molecule has 7 heteroatoms. The number of nitrogens with zero attached hydrogens (tertiary/aromatic N) is 1. The maximum atomic E-state index is 12.1. The molecule has 1 fully saturated rings. The zero-order chi connectivity index (χ0) is 14.6. The Balaban J connectivity index is 2.55. The van der Waals surface area contributed by atoms with Crippen LogP contribution < -0.4 is 11.1 Å². The molecule has 1 rings (SSSR count). The number of hydrogen-bond acceptors (Lipinski definition) is 3. The molecule has 3 N–H and O–H groups in total. The summed E-state index contributed by atoms with van der Waals surface area (Å²) in [7, 11) is 0. The molecule has 19 heavy (non-hydrogen) atoms. The first-order valence-corrected chi connectivity index (χ1v) is 6.55. The van der Waals surface area contributed by atoms with Gasteiger partial charge in [-0.3, -0.25) is 9.69 Å². The SMILES string of the molecule is CC1CCN(C(C)C(=O)NCC(F)(F)F)C(CN)C1. The van der Waals surface area contributed by atoms with Crippen LogP contribution in [0.25, 0.3) is 0 Å². The van der Waals surface area contributed by atoms with Crippen molar-refractivity contribution in [1.82, 2.24) is 10.2 Å². The Morgan fingerprint density at radius 2 is 2.16 bits per heavy atom. The smallest absolute Gasteiger partial charge is 0.346 e. The highest BCUT2D eigenvalue weighted by atomic mass is 19.4. The van der Waals surface area contributed by atoms with E-state index in [2.05, 4.69) is 6.92 Å². The minimum absolute atomic E-state index is 0.0652. The second-order valence-electron chi connectivity index (χ2n) is 5.27. The number of likely N-dealkylation sites (tertiary alicyclic amines) is 1. The molecule has 0 aliphatic carbocycles. The van der Waals surface area contributed by atoms with E-state index in [1.165, 1.54) is 0 Å². The van der Waals surface area contributed by atoms with Crippen LogP contribution in [0.5, 0.6) is 0 Å². The number of carbonyl (C=O) groups excluding carboxylic acids is 1. The maximum absolute atomic E-state index is 12.1. The van der Waals surface area contributed by atoms with Crippen LogP contribution in [0.1, 0.15) is 26.7 Å². The van der Waals surface area contributed by atoms with Gasteiger partial charge in [-0.25, -0.2) is 0 Å². The molecule has 0 aromatic heterocycles. The Morgan fingerprint density at radius 3 is 2.68 bits per heavy atom. The molecule has 4 nitrogen and oxygen atoms in total. The number of hydrogen-bond donors (Lipinski definition) is 2. The number of nitrogens with two attached hydrogens (primary N) is 1. The molecule has 1 aliphatic heterocycles. The number of nitrogens with one attached hydrogen (secondary N) is 1. The second kappa shape index (κ2) is 6.56. The molecule has 0 bridgehead atoms. The van der Waals surface area contributed by atoms with E-state index in [4.69, 9.17) is 5.73 Å². The van der Waals surface area contributed by atoms with Crippen molar-refractivity contribution in [2.75, 3.05) is 19.6 Å². The topological polar surface area (TPSA) is 58.4 Å². The predicted molar refractivity (Wildman–Crippen MR) is 66.5 cm³/mol. The zero-order valence-electron chi connectivity index (χ0n) is 11.3. The quantitative estimate of drug-likeness (QED) is 0.811. The predicted octanol–water partition coefficient (Wildman–Crippen LogP) is 1.11. The summed E-state index contributed by atoms with van der Waals surface area (Å²) in [6.45, 7) is 3.58. The van der Waals surface area contributed by atoms with Gasteiger partial charge in [-0.05, 0) is 32.2 Å².